The van der Waals surface area contributed by atoms with Crippen LogP contribution in [0.15, 0.2) is 53.4 Å². The van der Waals surface area contributed by atoms with E-state index in [1.807, 2.05) is 33.8 Å². The van der Waals surface area contributed by atoms with Crippen LogP contribution in [0.4, 0.5) is 14.9 Å². The van der Waals surface area contributed by atoms with Crippen LogP contribution in [0.2, 0.25) is 0 Å². The summed E-state index contributed by atoms with van der Waals surface area (Å²) in [6.45, 7) is 12.9. The first-order chi connectivity index (χ1) is 15.3. The van der Waals surface area contributed by atoms with Gasteiger partial charge in [-0.05, 0) is 62.4 Å². The first kappa shape index (κ1) is 25.8. The van der Waals surface area contributed by atoms with Gasteiger partial charge in [-0.1, -0.05) is 32.4 Å². The number of methoxy groups -OCH3 is 1. The van der Waals surface area contributed by atoms with Crippen LogP contribution < -0.4 is 15.4 Å². The molecular weight excluding hydrogens is 421 g/mol. The minimum absolute atomic E-state index is 0.0162. The van der Waals surface area contributed by atoms with E-state index < -0.39 is 11.8 Å². The number of benzene rings is 1. The molecule has 1 aromatic heterocycles. The molecule has 0 bridgehead atoms. The molecular formula is C26H32FN3O3. The van der Waals surface area contributed by atoms with E-state index in [9.17, 15) is 14.0 Å². The number of halogens is 1. The van der Waals surface area contributed by atoms with Gasteiger partial charge in [-0.25, -0.2) is 14.2 Å². The maximum atomic E-state index is 14.6. The van der Waals surface area contributed by atoms with Crippen molar-refractivity contribution in [2.45, 2.75) is 48.5 Å². The average molecular weight is 454 g/mol. The zero-order valence-corrected chi connectivity index (χ0v) is 20.5. The minimum Gasteiger partial charge on any atom is -0.481 e. The first-order valence-electron chi connectivity index (χ1n) is 10.6. The molecule has 6 nitrogen and oxygen atoms in total. The second-order valence-corrected chi connectivity index (χ2v) is 8.99. The number of nitrogens with zero attached hydrogens (tertiary/aromatic N) is 1. The first-order valence-corrected chi connectivity index (χ1v) is 10.6. The molecule has 33 heavy (non-hydrogen) atoms. The van der Waals surface area contributed by atoms with Crippen molar-refractivity contribution < 1.29 is 18.7 Å². The van der Waals surface area contributed by atoms with Gasteiger partial charge in [-0.3, -0.25) is 4.79 Å². The molecule has 0 fully saturated rings. The van der Waals surface area contributed by atoms with Gasteiger partial charge >= 0.3 is 6.03 Å². The number of carbonyl (C=O) groups is 2. The number of aryl methyl sites for hydroxylation is 1. The molecule has 1 heterocycles. The van der Waals surface area contributed by atoms with E-state index in [-0.39, 0.29) is 16.9 Å². The van der Waals surface area contributed by atoms with Crippen LogP contribution in [-0.4, -0.2) is 23.9 Å². The maximum Gasteiger partial charge on any atom is 0.323 e. The van der Waals surface area contributed by atoms with Gasteiger partial charge in [0.2, 0.25) is 5.88 Å². The largest absolute Gasteiger partial charge is 0.481 e. The Kier molecular flexibility index (Phi) is 8.14. The summed E-state index contributed by atoms with van der Waals surface area (Å²) in [5.74, 6) is -0.271. The highest BCUT2D eigenvalue weighted by atomic mass is 19.1. The number of carbonyl (C=O) groups excluding carboxylic acids is 2. The Labute approximate surface area is 195 Å². The molecule has 0 aliphatic carbocycles. The number of hydrogen-bond donors (Lipinski definition) is 2. The van der Waals surface area contributed by atoms with Crippen molar-refractivity contribution in [2.24, 2.45) is 5.41 Å². The number of aromatic nitrogens is 1. The Morgan fingerprint density at radius 2 is 1.79 bits per heavy atom. The molecule has 2 aromatic rings. The molecule has 0 aliphatic rings. The number of urea groups is 1. The smallest absolute Gasteiger partial charge is 0.323 e. The van der Waals surface area contributed by atoms with E-state index >= 15 is 0 Å². The highest BCUT2D eigenvalue weighted by Gasteiger charge is 2.17. The van der Waals surface area contributed by atoms with Crippen LogP contribution in [0.5, 0.6) is 5.88 Å². The molecule has 0 saturated carbocycles. The third-order valence-electron chi connectivity index (χ3n) is 5.45. The Hall–Kier alpha value is -3.48. The quantitative estimate of drug-likeness (QED) is 0.404. The molecule has 1 aromatic carbocycles. The standard InChI is InChI=1S/C26H32FN3O3/c1-15-11-22(27)23(13-20(15)19-9-10-24(33-8)28-14-19)30-25(32)29-17(3)21(18(4)31)12-16(2)26(5,6)7/h9-14H,1-8H3,(H2,29,30,32)/b16-12+,21-17-. The summed E-state index contributed by atoms with van der Waals surface area (Å²) in [4.78, 5) is 29.0. The summed E-state index contributed by atoms with van der Waals surface area (Å²) < 4.78 is 19.7. The summed E-state index contributed by atoms with van der Waals surface area (Å²) >= 11 is 0. The molecule has 0 unspecified atom stereocenters. The number of ketones is 1. The Morgan fingerprint density at radius 3 is 2.30 bits per heavy atom. The van der Waals surface area contributed by atoms with Crippen LogP contribution in [0.3, 0.4) is 0 Å². The maximum absolute atomic E-state index is 14.6. The number of rotatable bonds is 6. The number of Topliss-reactive ketones (excluding diaryl/α,β-unsaturated/α-hetero) is 1. The molecule has 2 rings (SSSR count). The SMILES string of the molecule is COc1ccc(-c2cc(NC(=O)N/C(C)=C(/C=C(\C)C(C)(C)C)C(C)=O)c(F)cc2C)cn1. The Morgan fingerprint density at radius 1 is 1.12 bits per heavy atom. The van der Waals surface area contributed by atoms with Crippen molar-refractivity contribution in [1.82, 2.24) is 10.3 Å². The normalized spacial score (nSPS) is 12.7. The summed E-state index contributed by atoms with van der Waals surface area (Å²) in [6, 6.07) is 5.79. The van der Waals surface area contributed by atoms with Crippen molar-refractivity contribution in [3.8, 4) is 17.0 Å². The number of amides is 2. The van der Waals surface area contributed by atoms with Crippen LogP contribution in [0.1, 0.15) is 47.1 Å². The van der Waals surface area contributed by atoms with Crippen LogP contribution >= 0.6 is 0 Å². The molecule has 2 amide bonds. The van der Waals surface area contributed by atoms with Gasteiger partial charge in [-0.2, -0.15) is 0 Å². The van der Waals surface area contributed by atoms with Crippen molar-refractivity contribution in [2.75, 3.05) is 12.4 Å². The van der Waals surface area contributed by atoms with E-state index in [1.165, 1.54) is 20.1 Å². The lowest BCUT2D eigenvalue weighted by molar-refractivity contribution is -0.113. The molecule has 0 atom stereocenters. The van der Waals surface area contributed by atoms with Gasteiger partial charge in [-0.15, -0.1) is 0 Å². The van der Waals surface area contributed by atoms with Crippen molar-refractivity contribution in [3.63, 3.8) is 0 Å². The monoisotopic (exact) mass is 453 g/mol. The Bertz CT molecular complexity index is 1110. The van der Waals surface area contributed by atoms with E-state index in [1.54, 1.807) is 38.3 Å². The summed E-state index contributed by atoms with van der Waals surface area (Å²) in [7, 11) is 1.53. The highest BCUT2D eigenvalue weighted by Crippen LogP contribution is 2.29. The number of hydrogen-bond acceptors (Lipinski definition) is 4. The van der Waals surface area contributed by atoms with Gasteiger partial charge in [0.25, 0.3) is 0 Å². The third-order valence-corrected chi connectivity index (χ3v) is 5.45. The zero-order valence-electron chi connectivity index (χ0n) is 20.5. The molecule has 0 spiro atoms. The fourth-order valence-corrected chi connectivity index (χ4v) is 3.04. The fourth-order valence-electron chi connectivity index (χ4n) is 3.04. The lowest BCUT2D eigenvalue weighted by atomic mass is 9.86. The Balaban J connectivity index is 2.32. The number of allylic oxidation sites excluding steroid dienone is 4. The number of anilines is 1. The van der Waals surface area contributed by atoms with Gasteiger partial charge in [0.15, 0.2) is 5.78 Å². The van der Waals surface area contributed by atoms with Crippen LogP contribution in [-0.2, 0) is 4.79 Å². The predicted molar refractivity (Wildman–Crippen MR) is 130 cm³/mol. The second kappa shape index (κ2) is 10.4. The van der Waals surface area contributed by atoms with Gasteiger partial charge in [0.05, 0.1) is 12.8 Å². The van der Waals surface area contributed by atoms with Crippen LogP contribution in [0, 0.1) is 18.2 Å². The van der Waals surface area contributed by atoms with Crippen LogP contribution in [0.25, 0.3) is 11.1 Å². The molecule has 176 valence electrons. The topological polar surface area (TPSA) is 80.3 Å². The van der Waals surface area contributed by atoms with Gasteiger partial charge in [0, 0.05) is 29.1 Å². The van der Waals surface area contributed by atoms with E-state index in [4.69, 9.17) is 4.74 Å². The zero-order chi connectivity index (χ0) is 24.9. The number of pyridine rings is 1. The van der Waals surface area contributed by atoms with E-state index in [0.717, 1.165) is 16.7 Å². The number of nitrogens with one attached hydrogen (secondary N) is 2. The number of ether oxygens (including phenoxy) is 1. The third kappa shape index (κ3) is 6.75. The molecule has 0 aliphatic heterocycles. The summed E-state index contributed by atoms with van der Waals surface area (Å²) in [5, 5.41) is 5.19. The van der Waals surface area contributed by atoms with Gasteiger partial charge < -0.3 is 15.4 Å². The highest BCUT2D eigenvalue weighted by molar-refractivity contribution is 5.98. The summed E-state index contributed by atoms with van der Waals surface area (Å²) in [5.41, 5.74) is 3.85. The molecule has 7 heteroatoms. The van der Waals surface area contributed by atoms with Crippen molar-refractivity contribution >= 4 is 17.5 Å². The van der Waals surface area contributed by atoms with Crippen molar-refractivity contribution in [3.05, 3.63) is 64.8 Å². The van der Waals surface area contributed by atoms with E-state index in [2.05, 4.69) is 15.6 Å². The molecule has 0 saturated heterocycles. The molecule has 2 N–H and O–H groups in total. The predicted octanol–water partition coefficient (Wildman–Crippen LogP) is 6.18. The van der Waals surface area contributed by atoms with Crippen molar-refractivity contribution in [1.29, 1.82) is 0 Å². The second-order valence-electron chi connectivity index (χ2n) is 8.99. The lowest BCUT2D eigenvalue weighted by Crippen LogP contribution is -2.29. The molecule has 0 radical (unpaired) electrons. The van der Waals surface area contributed by atoms with E-state index in [0.29, 0.717) is 22.7 Å². The lowest BCUT2D eigenvalue weighted by Gasteiger charge is -2.20. The average Bonchev–Trinajstić information content (AvgIpc) is 2.72. The minimum atomic E-state index is -0.644. The van der Waals surface area contributed by atoms with Gasteiger partial charge in [0.1, 0.15) is 5.82 Å². The summed E-state index contributed by atoms with van der Waals surface area (Å²) in [6.07, 6.45) is 3.40. The fraction of sp³-hybridized carbons (Fsp3) is 0.346.